The maximum Gasteiger partial charge on any atom is 0.221 e. The molecule has 0 aliphatic heterocycles. The number of hydrogen-bond donors (Lipinski definition) is 2. The van der Waals surface area contributed by atoms with Gasteiger partial charge in [0.2, 0.25) is 11.8 Å². The fourth-order valence-corrected chi connectivity index (χ4v) is 2.47. The molecule has 0 aliphatic carbocycles. The third-order valence-corrected chi connectivity index (χ3v) is 3.56. The first-order valence-corrected chi connectivity index (χ1v) is 6.94. The van der Waals surface area contributed by atoms with Gasteiger partial charge in [0.25, 0.3) is 0 Å². The van der Waals surface area contributed by atoms with Gasteiger partial charge >= 0.3 is 0 Å². The summed E-state index contributed by atoms with van der Waals surface area (Å²) in [5.74, 6) is 1.42. The second kappa shape index (κ2) is 5.99. The topological polar surface area (TPSA) is 67.2 Å². The number of oxazole rings is 1. The first-order chi connectivity index (χ1) is 9.06. The molecule has 1 unspecified atom stereocenters. The number of aryl methyl sites for hydroxylation is 1. The largest absolute Gasteiger partial charge is 0.444 e. The van der Waals surface area contributed by atoms with Crippen LogP contribution in [-0.4, -0.2) is 10.9 Å². The quantitative estimate of drug-likeness (QED) is 0.883. The van der Waals surface area contributed by atoms with Crippen LogP contribution >= 0.6 is 11.3 Å². The number of carbonyl (C=O) groups is 1. The van der Waals surface area contributed by atoms with E-state index in [0.29, 0.717) is 12.4 Å². The average molecular weight is 279 g/mol. The van der Waals surface area contributed by atoms with Crippen molar-refractivity contribution in [2.75, 3.05) is 5.32 Å². The highest BCUT2D eigenvalue weighted by molar-refractivity contribution is 7.10. The Morgan fingerprint density at radius 1 is 1.58 bits per heavy atom. The monoisotopic (exact) mass is 279 g/mol. The van der Waals surface area contributed by atoms with E-state index in [9.17, 15) is 4.79 Å². The molecule has 1 amide bonds. The van der Waals surface area contributed by atoms with Crippen LogP contribution < -0.4 is 10.6 Å². The van der Waals surface area contributed by atoms with Crippen LogP contribution in [0.15, 0.2) is 22.1 Å². The minimum Gasteiger partial charge on any atom is -0.444 e. The second-order valence-corrected chi connectivity index (χ2v) is 5.35. The van der Waals surface area contributed by atoms with Crippen molar-refractivity contribution >= 4 is 22.9 Å². The van der Waals surface area contributed by atoms with E-state index in [0.717, 1.165) is 16.3 Å². The van der Waals surface area contributed by atoms with Crippen LogP contribution in [-0.2, 0) is 11.3 Å². The van der Waals surface area contributed by atoms with Gasteiger partial charge in [-0.15, -0.1) is 11.3 Å². The number of aromatic nitrogens is 1. The Balaban J connectivity index is 1.95. The fraction of sp³-hybridized carbons (Fsp3) is 0.385. The fourth-order valence-electron chi connectivity index (χ4n) is 1.68. The van der Waals surface area contributed by atoms with Crippen LogP contribution in [0.2, 0.25) is 0 Å². The number of hydrogen-bond acceptors (Lipinski definition) is 5. The number of nitrogens with zero attached hydrogens (tertiary/aromatic N) is 1. The summed E-state index contributed by atoms with van der Waals surface area (Å²) >= 11 is 1.61. The van der Waals surface area contributed by atoms with E-state index in [2.05, 4.69) is 15.6 Å². The summed E-state index contributed by atoms with van der Waals surface area (Å²) in [6, 6.07) is 1.93. The van der Waals surface area contributed by atoms with Gasteiger partial charge in [-0.25, -0.2) is 4.98 Å². The van der Waals surface area contributed by atoms with E-state index in [1.165, 1.54) is 6.92 Å². The molecule has 19 heavy (non-hydrogen) atoms. The van der Waals surface area contributed by atoms with Gasteiger partial charge in [-0.2, -0.15) is 0 Å². The Morgan fingerprint density at radius 2 is 2.37 bits per heavy atom. The normalized spacial score (nSPS) is 12.4. The summed E-state index contributed by atoms with van der Waals surface area (Å²) in [5.41, 5.74) is 0.862. The zero-order chi connectivity index (χ0) is 13.8. The first kappa shape index (κ1) is 13.8. The van der Waals surface area contributed by atoms with Crippen LogP contribution in [0, 0.1) is 6.92 Å². The van der Waals surface area contributed by atoms with Crippen molar-refractivity contribution in [2.45, 2.75) is 33.4 Å². The molecule has 2 N–H and O–H groups in total. The van der Waals surface area contributed by atoms with E-state index >= 15 is 0 Å². The van der Waals surface area contributed by atoms with Crippen LogP contribution in [0.4, 0.5) is 5.69 Å². The lowest BCUT2D eigenvalue weighted by Crippen LogP contribution is -2.18. The molecule has 0 fully saturated rings. The minimum atomic E-state index is -0.0592. The number of rotatable bonds is 5. The second-order valence-electron chi connectivity index (χ2n) is 4.35. The molecule has 0 saturated carbocycles. The van der Waals surface area contributed by atoms with E-state index < -0.39 is 0 Å². The third kappa shape index (κ3) is 3.65. The van der Waals surface area contributed by atoms with Crippen molar-refractivity contribution in [1.82, 2.24) is 10.3 Å². The lowest BCUT2D eigenvalue weighted by atomic mass is 10.3. The summed E-state index contributed by atoms with van der Waals surface area (Å²) < 4.78 is 5.47. The predicted octanol–water partition coefficient (Wildman–Crippen LogP) is 2.85. The molecule has 2 heterocycles. The van der Waals surface area contributed by atoms with Crippen molar-refractivity contribution in [3.63, 3.8) is 0 Å². The van der Waals surface area contributed by atoms with Crippen molar-refractivity contribution < 1.29 is 9.21 Å². The predicted molar refractivity (Wildman–Crippen MR) is 75.1 cm³/mol. The average Bonchev–Trinajstić information content (AvgIpc) is 2.95. The van der Waals surface area contributed by atoms with E-state index in [-0.39, 0.29) is 11.9 Å². The van der Waals surface area contributed by atoms with Gasteiger partial charge in [-0.1, -0.05) is 0 Å². The van der Waals surface area contributed by atoms with Gasteiger partial charge in [0, 0.05) is 18.3 Å². The lowest BCUT2D eigenvalue weighted by Gasteiger charge is -2.10. The van der Waals surface area contributed by atoms with Crippen LogP contribution in [0.25, 0.3) is 0 Å². The zero-order valence-corrected chi connectivity index (χ0v) is 12.0. The number of thiophene rings is 1. The summed E-state index contributed by atoms with van der Waals surface area (Å²) in [6.07, 6.45) is 1.71. The van der Waals surface area contributed by atoms with E-state index in [1.807, 2.05) is 25.3 Å². The number of nitrogens with one attached hydrogen (secondary N) is 2. The van der Waals surface area contributed by atoms with Gasteiger partial charge in [0.05, 0.1) is 17.9 Å². The molecule has 2 rings (SSSR count). The van der Waals surface area contributed by atoms with Crippen molar-refractivity contribution in [3.8, 4) is 0 Å². The Kier molecular flexibility index (Phi) is 4.34. The zero-order valence-electron chi connectivity index (χ0n) is 11.2. The Bertz CT molecular complexity index is 562. The Morgan fingerprint density at radius 3 is 3.00 bits per heavy atom. The van der Waals surface area contributed by atoms with Gasteiger partial charge in [-0.3, -0.25) is 4.79 Å². The molecule has 102 valence electrons. The molecular formula is C13H17N3O2S. The van der Waals surface area contributed by atoms with Gasteiger partial charge in [0.1, 0.15) is 5.76 Å². The maximum absolute atomic E-state index is 11.1. The summed E-state index contributed by atoms with van der Waals surface area (Å²) in [5, 5.41) is 8.11. The molecule has 0 radical (unpaired) electrons. The van der Waals surface area contributed by atoms with Crippen LogP contribution in [0.1, 0.15) is 36.4 Å². The smallest absolute Gasteiger partial charge is 0.221 e. The molecule has 0 saturated heterocycles. The van der Waals surface area contributed by atoms with Crippen LogP contribution in [0.5, 0.6) is 0 Å². The molecular weight excluding hydrogens is 262 g/mol. The van der Waals surface area contributed by atoms with E-state index in [4.69, 9.17) is 4.42 Å². The van der Waals surface area contributed by atoms with Crippen molar-refractivity contribution in [1.29, 1.82) is 0 Å². The van der Waals surface area contributed by atoms with Gasteiger partial charge in [0.15, 0.2) is 0 Å². The molecule has 2 aromatic rings. The van der Waals surface area contributed by atoms with Crippen molar-refractivity contribution in [2.24, 2.45) is 0 Å². The molecule has 1 atom stereocenters. The molecule has 0 aromatic carbocycles. The highest BCUT2D eigenvalue weighted by Crippen LogP contribution is 2.23. The highest BCUT2D eigenvalue weighted by atomic mass is 32.1. The molecule has 0 aliphatic rings. The first-order valence-electron chi connectivity index (χ1n) is 6.06. The van der Waals surface area contributed by atoms with Crippen molar-refractivity contribution in [3.05, 3.63) is 34.2 Å². The number of anilines is 1. The SMILES string of the molecule is CC(=O)Nc1ccsc1CNC(C)c1ncc(C)o1. The molecule has 6 heteroatoms. The van der Waals surface area contributed by atoms with Gasteiger partial charge in [-0.05, 0) is 25.3 Å². The summed E-state index contributed by atoms with van der Waals surface area (Å²) in [7, 11) is 0. The summed E-state index contributed by atoms with van der Waals surface area (Å²) in [6.45, 7) is 6.04. The lowest BCUT2D eigenvalue weighted by molar-refractivity contribution is -0.114. The molecule has 0 spiro atoms. The van der Waals surface area contributed by atoms with E-state index in [1.54, 1.807) is 17.5 Å². The Hall–Kier alpha value is -1.66. The molecule has 5 nitrogen and oxygen atoms in total. The maximum atomic E-state index is 11.1. The summed E-state index contributed by atoms with van der Waals surface area (Å²) in [4.78, 5) is 16.4. The van der Waals surface area contributed by atoms with Gasteiger partial charge < -0.3 is 15.1 Å². The van der Waals surface area contributed by atoms with Crippen LogP contribution in [0.3, 0.4) is 0 Å². The highest BCUT2D eigenvalue weighted by Gasteiger charge is 2.12. The standard InChI is InChI=1S/C13H17N3O2S/c1-8-6-15-13(18-8)9(2)14-7-12-11(4-5-19-12)16-10(3)17/h4-6,9,14H,7H2,1-3H3,(H,16,17). The Labute approximate surface area is 116 Å². The minimum absolute atomic E-state index is 0.0287. The molecule has 2 aromatic heterocycles. The third-order valence-electron chi connectivity index (χ3n) is 2.63. The molecule has 0 bridgehead atoms. The number of amides is 1. The number of carbonyl (C=O) groups excluding carboxylic acids is 1.